The molecule has 0 amide bonds. The first-order chi connectivity index (χ1) is 7.27. The van der Waals surface area contributed by atoms with Crippen molar-refractivity contribution in [2.75, 3.05) is 0 Å². The summed E-state index contributed by atoms with van der Waals surface area (Å²) >= 11 is 0. The molecule has 3 nitrogen and oxygen atoms in total. The zero-order chi connectivity index (χ0) is 10.7. The Morgan fingerprint density at radius 1 is 1.07 bits per heavy atom. The lowest BCUT2D eigenvalue weighted by Crippen LogP contribution is -1.99. The van der Waals surface area contributed by atoms with E-state index in [0.717, 1.165) is 11.1 Å². The van der Waals surface area contributed by atoms with Crippen molar-refractivity contribution in [3.63, 3.8) is 0 Å². The van der Waals surface area contributed by atoms with Gasteiger partial charge in [-0.3, -0.25) is 0 Å². The molecular formula is C12H9NO2. The lowest BCUT2D eigenvalue weighted by molar-refractivity contribution is 0.0690. The third-order valence-electron chi connectivity index (χ3n) is 2.09. The Bertz CT molecular complexity index is 480. The zero-order valence-corrected chi connectivity index (χ0v) is 7.92. The molecule has 0 atom stereocenters. The number of benzene rings is 1. The van der Waals surface area contributed by atoms with Gasteiger partial charge < -0.3 is 5.11 Å². The van der Waals surface area contributed by atoms with Crippen LogP contribution in [-0.4, -0.2) is 16.1 Å². The average Bonchev–Trinajstić information content (AvgIpc) is 2.30. The maximum atomic E-state index is 10.7. The van der Waals surface area contributed by atoms with Gasteiger partial charge in [-0.05, 0) is 23.3 Å². The van der Waals surface area contributed by atoms with Gasteiger partial charge in [0.2, 0.25) is 0 Å². The molecule has 1 N–H and O–H groups in total. The van der Waals surface area contributed by atoms with E-state index < -0.39 is 5.97 Å². The Labute approximate surface area is 87.0 Å². The van der Waals surface area contributed by atoms with Crippen molar-refractivity contribution >= 4 is 5.97 Å². The minimum absolute atomic E-state index is 0.0661. The van der Waals surface area contributed by atoms with Gasteiger partial charge in [0.05, 0.1) is 0 Å². The first-order valence-corrected chi connectivity index (χ1v) is 4.52. The summed E-state index contributed by atoms with van der Waals surface area (Å²) < 4.78 is 0. The summed E-state index contributed by atoms with van der Waals surface area (Å²) in [6.07, 6.45) is 1.51. The quantitative estimate of drug-likeness (QED) is 0.808. The second-order valence-corrected chi connectivity index (χ2v) is 3.10. The van der Waals surface area contributed by atoms with Crippen LogP contribution in [0.3, 0.4) is 0 Å². The van der Waals surface area contributed by atoms with Crippen LogP contribution in [0.1, 0.15) is 10.5 Å². The van der Waals surface area contributed by atoms with Gasteiger partial charge in [0, 0.05) is 6.20 Å². The van der Waals surface area contributed by atoms with Gasteiger partial charge in [-0.2, -0.15) is 0 Å². The number of rotatable bonds is 2. The van der Waals surface area contributed by atoms with Crippen molar-refractivity contribution in [3.8, 4) is 11.1 Å². The van der Waals surface area contributed by atoms with E-state index >= 15 is 0 Å². The van der Waals surface area contributed by atoms with Gasteiger partial charge in [-0.25, -0.2) is 9.78 Å². The van der Waals surface area contributed by atoms with Crippen LogP contribution in [0.25, 0.3) is 11.1 Å². The molecule has 1 aromatic heterocycles. The summed E-state index contributed by atoms with van der Waals surface area (Å²) in [5, 5.41) is 8.79. The van der Waals surface area contributed by atoms with Crippen molar-refractivity contribution < 1.29 is 9.90 Å². The van der Waals surface area contributed by atoms with Crippen LogP contribution in [0.5, 0.6) is 0 Å². The molecule has 0 aliphatic carbocycles. The Morgan fingerprint density at radius 3 is 2.47 bits per heavy atom. The van der Waals surface area contributed by atoms with E-state index in [-0.39, 0.29) is 5.69 Å². The molecule has 0 bridgehead atoms. The van der Waals surface area contributed by atoms with Crippen LogP contribution >= 0.6 is 0 Å². The van der Waals surface area contributed by atoms with Crippen LogP contribution in [0, 0.1) is 0 Å². The second kappa shape index (κ2) is 3.92. The van der Waals surface area contributed by atoms with Crippen LogP contribution < -0.4 is 0 Å². The summed E-state index contributed by atoms with van der Waals surface area (Å²) in [5.41, 5.74) is 1.92. The number of aromatic carboxylic acids is 1. The van der Waals surface area contributed by atoms with Gasteiger partial charge in [0.15, 0.2) is 0 Å². The molecule has 1 heterocycles. The third-order valence-corrected chi connectivity index (χ3v) is 2.09. The summed E-state index contributed by atoms with van der Waals surface area (Å²) in [6.45, 7) is 0. The molecule has 0 unspecified atom stereocenters. The van der Waals surface area contributed by atoms with E-state index in [0.29, 0.717) is 0 Å². The number of pyridine rings is 1. The van der Waals surface area contributed by atoms with Crippen molar-refractivity contribution in [1.29, 1.82) is 0 Å². The summed E-state index contributed by atoms with van der Waals surface area (Å²) in [5.74, 6) is -1.01. The van der Waals surface area contributed by atoms with Crippen molar-refractivity contribution in [2.45, 2.75) is 0 Å². The largest absolute Gasteiger partial charge is 0.477 e. The normalized spacial score (nSPS) is 9.87. The van der Waals surface area contributed by atoms with Crippen LogP contribution in [0.4, 0.5) is 0 Å². The molecule has 2 aromatic rings. The van der Waals surface area contributed by atoms with Gasteiger partial charge >= 0.3 is 5.97 Å². The van der Waals surface area contributed by atoms with Crippen LogP contribution in [0.2, 0.25) is 0 Å². The molecule has 0 saturated heterocycles. The van der Waals surface area contributed by atoms with Gasteiger partial charge in [0.1, 0.15) is 5.69 Å². The molecule has 1 aromatic carbocycles. The molecule has 0 saturated carbocycles. The monoisotopic (exact) mass is 199 g/mol. The van der Waals surface area contributed by atoms with Gasteiger partial charge in [-0.1, -0.05) is 30.3 Å². The zero-order valence-electron chi connectivity index (χ0n) is 7.92. The lowest BCUT2D eigenvalue weighted by Gasteiger charge is -2.01. The maximum Gasteiger partial charge on any atom is 0.354 e. The van der Waals surface area contributed by atoms with E-state index in [2.05, 4.69) is 4.98 Å². The molecule has 74 valence electrons. The topological polar surface area (TPSA) is 50.2 Å². The minimum atomic E-state index is -1.01. The van der Waals surface area contributed by atoms with Gasteiger partial charge in [-0.15, -0.1) is 0 Å². The fourth-order valence-corrected chi connectivity index (χ4v) is 1.36. The number of aromatic nitrogens is 1. The summed E-state index contributed by atoms with van der Waals surface area (Å²) in [6, 6.07) is 13.0. The first kappa shape index (κ1) is 9.40. The first-order valence-electron chi connectivity index (χ1n) is 4.52. The third kappa shape index (κ3) is 2.02. The standard InChI is InChI=1S/C12H9NO2/c14-12(15)11-8-10(6-7-13-11)9-4-2-1-3-5-9/h1-8H,(H,14,15). The highest BCUT2D eigenvalue weighted by molar-refractivity contribution is 5.87. The fraction of sp³-hybridized carbons (Fsp3) is 0. The van der Waals surface area contributed by atoms with Crippen molar-refractivity contribution in [1.82, 2.24) is 4.98 Å². The van der Waals surface area contributed by atoms with Crippen molar-refractivity contribution in [2.24, 2.45) is 0 Å². The predicted octanol–water partition coefficient (Wildman–Crippen LogP) is 2.45. The smallest absolute Gasteiger partial charge is 0.354 e. The maximum absolute atomic E-state index is 10.7. The minimum Gasteiger partial charge on any atom is -0.477 e. The van der Waals surface area contributed by atoms with E-state index in [1.165, 1.54) is 6.20 Å². The SMILES string of the molecule is O=C(O)c1cc(-c2ccccc2)ccn1. The number of hydrogen-bond acceptors (Lipinski definition) is 2. The molecule has 0 fully saturated rings. The van der Waals surface area contributed by atoms with Crippen LogP contribution in [-0.2, 0) is 0 Å². The summed E-state index contributed by atoms with van der Waals surface area (Å²) in [4.78, 5) is 14.5. The number of carboxylic acid groups (broad SMARTS) is 1. The predicted molar refractivity (Wildman–Crippen MR) is 56.6 cm³/mol. The Kier molecular flexibility index (Phi) is 2.46. The van der Waals surface area contributed by atoms with E-state index in [1.807, 2.05) is 30.3 Å². The van der Waals surface area contributed by atoms with E-state index in [1.54, 1.807) is 12.1 Å². The Hall–Kier alpha value is -2.16. The lowest BCUT2D eigenvalue weighted by atomic mass is 10.1. The fourth-order valence-electron chi connectivity index (χ4n) is 1.36. The Morgan fingerprint density at radius 2 is 1.80 bits per heavy atom. The number of hydrogen-bond donors (Lipinski definition) is 1. The molecule has 15 heavy (non-hydrogen) atoms. The molecule has 3 heteroatoms. The summed E-state index contributed by atoms with van der Waals surface area (Å²) in [7, 11) is 0. The number of carbonyl (C=O) groups is 1. The molecular weight excluding hydrogens is 190 g/mol. The van der Waals surface area contributed by atoms with Gasteiger partial charge in [0.25, 0.3) is 0 Å². The molecule has 0 spiro atoms. The highest BCUT2D eigenvalue weighted by Gasteiger charge is 2.05. The molecule has 0 aliphatic heterocycles. The van der Waals surface area contributed by atoms with E-state index in [4.69, 9.17) is 5.11 Å². The molecule has 2 rings (SSSR count). The molecule has 0 aliphatic rings. The Balaban J connectivity index is 2.46. The highest BCUT2D eigenvalue weighted by atomic mass is 16.4. The number of nitrogens with zero attached hydrogens (tertiary/aromatic N) is 1. The van der Waals surface area contributed by atoms with Crippen LogP contribution in [0.15, 0.2) is 48.7 Å². The number of carboxylic acids is 1. The molecule has 0 radical (unpaired) electrons. The van der Waals surface area contributed by atoms with E-state index in [9.17, 15) is 4.79 Å². The highest BCUT2D eigenvalue weighted by Crippen LogP contribution is 2.18. The van der Waals surface area contributed by atoms with Crippen molar-refractivity contribution in [3.05, 3.63) is 54.4 Å². The average molecular weight is 199 g/mol. The second-order valence-electron chi connectivity index (χ2n) is 3.10.